The molecule has 0 fully saturated rings. The summed E-state index contributed by atoms with van der Waals surface area (Å²) in [4.78, 5) is 0. The maximum absolute atomic E-state index is 3.84. The SMILES string of the molecule is [Se]=P(CC[Se]CCP(=[Se])(CCc1ccccc1)CCc1ccccc1)(CCc1ccccc1)CCc1ccccc1. The monoisotopic (exact) mass is 778 g/mol. The number of hydrogen-bond donors (Lipinski definition) is 0. The van der Waals surface area contributed by atoms with Crippen molar-refractivity contribution in [1.29, 1.82) is 0 Å². The van der Waals surface area contributed by atoms with Gasteiger partial charge >= 0.3 is 273 Å². The van der Waals surface area contributed by atoms with Crippen LogP contribution in [0, 0.1) is 0 Å². The van der Waals surface area contributed by atoms with Crippen LogP contribution in [0.15, 0.2) is 121 Å². The van der Waals surface area contributed by atoms with Crippen LogP contribution in [0.1, 0.15) is 22.3 Å². The van der Waals surface area contributed by atoms with Gasteiger partial charge in [-0.1, -0.05) is 0 Å². The molecule has 0 heterocycles. The summed E-state index contributed by atoms with van der Waals surface area (Å²) in [6, 6.07) is 44.5. The first kappa shape index (κ1) is 33.2. The zero-order chi connectivity index (χ0) is 28.6. The van der Waals surface area contributed by atoms with Gasteiger partial charge in [-0.3, -0.25) is 0 Å². The van der Waals surface area contributed by atoms with Gasteiger partial charge in [0.05, 0.1) is 0 Å². The van der Waals surface area contributed by atoms with Gasteiger partial charge in [0.1, 0.15) is 0 Å². The van der Waals surface area contributed by atoms with Crippen molar-refractivity contribution in [2.75, 3.05) is 37.0 Å². The molecule has 4 aromatic rings. The fourth-order valence-corrected chi connectivity index (χ4v) is 23.5. The van der Waals surface area contributed by atoms with Crippen LogP contribution in [-0.2, 0) is 25.7 Å². The van der Waals surface area contributed by atoms with E-state index in [9.17, 15) is 0 Å². The molecule has 0 aliphatic rings. The Balaban J connectivity index is 1.31. The van der Waals surface area contributed by atoms with Crippen molar-refractivity contribution >= 4 is 56.2 Å². The molecule has 0 spiro atoms. The average molecular weight is 776 g/mol. The summed E-state index contributed by atoms with van der Waals surface area (Å²) in [5, 5.41) is 2.85. The Bertz CT molecular complexity index is 1160. The Hall–Kier alpha value is -0.702. The summed E-state index contributed by atoms with van der Waals surface area (Å²) in [6.07, 6.45) is 13.0. The number of hydrogen-bond acceptors (Lipinski definition) is 0. The van der Waals surface area contributed by atoms with Gasteiger partial charge in [0.2, 0.25) is 0 Å². The van der Waals surface area contributed by atoms with E-state index < -0.39 is 11.0 Å². The van der Waals surface area contributed by atoms with Crippen molar-refractivity contribution in [2.24, 2.45) is 0 Å². The second kappa shape index (κ2) is 18.2. The third kappa shape index (κ3) is 12.8. The van der Waals surface area contributed by atoms with Crippen molar-refractivity contribution < 1.29 is 0 Å². The predicted molar refractivity (Wildman–Crippen MR) is 191 cm³/mol. The third-order valence-corrected chi connectivity index (χ3v) is 24.4. The van der Waals surface area contributed by atoms with Crippen LogP contribution in [0.2, 0.25) is 10.6 Å². The molecule has 0 saturated heterocycles. The number of rotatable bonds is 18. The van der Waals surface area contributed by atoms with E-state index in [1.165, 1.54) is 95.5 Å². The van der Waals surface area contributed by atoms with Crippen LogP contribution in [0.5, 0.6) is 0 Å². The van der Waals surface area contributed by atoms with Crippen LogP contribution < -0.4 is 0 Å². The minimum atomic E-state index is -1.09. The molecule has 4 rings (SSSR count). The Morgan fingerprint density at radius 1 is 0.366 bits per heavy atom. The van der Waals surface area contributed by atoms with Gasteiger partial charge in [0.15, 0.2) is 0 Å². The number of aryl methyl sites for hydroxylation is 4. The summed E-state index contributed by atoms with van der Waals surface area (Å²) in [5.74, 6) is 0. The summed E-state index contributed by atoms with van der Waals surface area (Å²) < 4.78 is 0. The molecule has 0 aliphatic carbocycles. The first-order valence-corrected chi connectivity index (χ1v) is 26.4. The summed E-state index contributed by atoms with van der Waals surface area (Å²) in [5.41, 5.74) is 3.77. The summed E-state index contributed by atoms with van der Waals surface area (Å²) in [6.45, 7) is 0. The van der Waals surface area contributed by atoms with E-state index in [4.69, 9.17) is 0 Å². The molecule has 0 amide bonds. The second-order valence-electron chi connectivity index (χ2n) is 11.0. The minimum absolute atomic E-state index is 0.725. The molecular formula is C36H44P2Se3. The van der Waals surface area contributed by atoms with Crippen LogP contribution >= 0.6 is 11.0 Å². The van der Waals surface area contributed by atoms with Gasteiger partial charge < -0.3 is 0 Å². The number of benzene rings is 4. The van der Waals surface area contributed by atoms with Crippen LogP contribution in [-0.4, -0.2) is 82.1 Å². The molecule has 0 aliphatic heterocycles. The van der Waals surface area contributed by atoms with Gasteiger partial charge in [-0.25, -0.2) is 0 Å². The van der Waals surface area contributed by atoms with E-state index in [2.05, 4.69) is 152 Å². The Morgan fingerprint density at radius 3 is 0.854 bits per heavy atom. The predicted octanol–water partition coefficient (Wildman–Crippen LogP) is 8.70. The van der Waals surface area contributed by atoms with E-state index in [0.717, 1.165) is 15.0 Å². The average Bonchev–Trinajstić information content (AvgIpc) is 3.03. The van der Waals surface area contributed by atoms with Gasteiger partial charge in [-0.05, 0) is 0 Å². The van der Waals surface area contributed by atoms with E-state index in [-0.39, 0.29) is 0 Å². The van der Waals surface area contributed by atoms with Crippen LogP contribution in [0.25, 0.3) is 0 Å². The molecule has 4 aromatic carbocycles. The van der Waals surface area contributed by atoms with Crippen LogP contribution in [0.4, 0.5) is 0 Å². The molecule has 0 nitrogen and oxygen atoms in total. The standard InChI is InChI=1S/C36H44P2Se3/c39-37(25-21-33-13-5-1-6-14-33,26-22-34-15-7-2-8-16-34)29-31-41-32-30-38(40,27-23-35-17-9-3-10-18-35)28-24-36-19-11-4-12-20-36/h1-20H,21-32H2. The molecule has 0 bridgehead atoms. The summed E-state index contributed by atoms with van der Waals surface area (Å²) in [7, 11) is 0. The Labute approximate surface area is 271 Å². The van der Waals surface area contributed by atoms with E-state index in [0.29, 0.717) is 0 Å². The van der Waals surface area contributed by atoms with E-state index in [1.807, 2.05) is 0 Å². The van der Waals surface area contributed by atoms with Crippen molar-refractivity contribution in [3.63, 3.8) is 0 Å². The van der Waals surface area contributed by atoms with Crippen LogP contribution in [0.3, 0.4) is 0 Å². The topological polar surface area (TPSA) is 0 Å². The Morgan fingerprint density at radius 2 is 0.610 bits per heavy atom. The van der Waals surface area contributed by atoms with Crippen molar-refractivity contribution in [3.8, 4) is 0 Å². The van der Waals surface area contributed by atoms with Crippen molar-refractivity contribution in [2.45, 2.75) is 36.3 Å². The third-order valence-electron chi connectivity index (χ3n) is 7.89. The first-order chi connectivity index (χ1) is 20.0. The van der Waals surface area contributed by atoms with Crippen molar-refractivity contribution in [3.05, 3.63) is 144 Å². The Kier molecular flexibility index (Phi) is 14.7. The van der Waals surface area contributed by atoms with Gasteiger partial charge in [-0.15, -0.1) is 0 Å². The molecule has 0 saturated carbocycles. The molecular weight excluding hydrogens is 731 g/mol. The molecule has 0 unspecified atom stereocenters. The molecule has 0 N–H and O–H groups in total. The van der Waals surface area contributed by atoms with E-state index >= 15 is 0 Å². The zero-order valence-electron chi connectivity index (χ0n) is 24.2. The van der Waals surface area contributed by atoms with Gasteiger partial charge in [0.25, 0.3) is 0 Å². The fraction of sp³-hybridized carbons (Fsp3) is 0.333. The van der Waals surface area contributed by atoms with Crippen molar-refractivity contribution in [1.82, 2.24) is 0 Å². The van der Waals surface area contributed by atoms with E-state index in [1.54, 1.807) is 0 Å². The first-order valence-electron chi connectivity index (χ1n) is 14.9. The summed E-state index contributed by atoms with van der Waals surface area (Å²) >= 11 is 8.40. The zero-order valence-corrected chi connectivity index (χ0v) is 31.1. The molecule has 41 heavy (non-hydrogen) atoms. The second-order valence-corrected chi connectivity index (χ2v) is 30.2. The molecule has 0 aromatic heterocycles. The normalized spacial score (nSPS) is 11.9. The fourth-order valence-electron chi connectivity index (χ4n) is 5.14. The maximum atomic E-state index is 3.84. The van der Waals surface area contributed by atoms with Gasteiger partial charge in [0, 0.05) is 0 Å². The molecule has 0 atom stereocenters. The molecule has 216 valence electrons. The van der Waals surface area contributed by atoms with Gasteiger partial charge in [-0.2, -0.15) is 0 Å². The quantitative estimate of drug-likeness (QED) is 0.0540. The molecule has 5 heteroatoms. The molecule has 0 radical (unpaired) electrons.